The second-order valence-corrected chi connectivity index (χ2v) is 8.08. The Kier molecular flexibility index (Phi) is 12.1. The summed E-state index contributed by atoms with van der Waals surface area (Å²) in [5.74, 6) is 0.787. The molecule has 1 aliphatic rings. The zero-order valence-electron chi connectivity index (χ0n) is 15.3. The van der Waals surface area contributed by atoms with Crippen molar-refractivity contribution in [1.82, 2.24) is 14.9 Å². The third kappa shape index (κ3) is 8.15. The predicted octanol–water partition coefficient (Wildman–Crippen LogP) is 2.91. The van der Waals surface area contributed by atoms with Crippen LogP contribution in [0, 0.1) is 5.92 Å². The van der Waals surface area contributed by atoms with E-state index in [0.29, 0.717) is 29.7 Å². The highest BCUT2D eigenvalue weighted by atomic mass is 127. The fraction of sp³-hybridized carbons (Fsp3) is 0.933. The number of hydrogen-bond acceptors (Lipinski definition) is 3. The van der Waals surface area contributed by atoms with Crippen molar-refractivity contribution < 1.29 is 21.6 Å². The van der Waals surface area contributed by atoms with Gasteiger partial charge in [0.25, 0.3) is 0 Å². The minimum absolute atomic E-state index is 0. The molecule has 0 amide bonds. The highest BCUT2D eigenvalue weighted by Gasteiger charge is 2.50. The van der Waals surface area contributed by atoms with Gasteiger partial charge in [0.15, 0.2) is 5.96 Å². The van der Waals surface area contributed by atoms with Gasteiger partial charge in [-0.2, -0.15) is 17.5 Å². The van der Waals surface area contributed by atoms with Crippen molar-refractivity contribution >= 4 is 40.0 Å². The van der Waals surface area contributed by atoms with Crippen LogP contribution in [0.4, 0.5) is 13.2 Å². The summed E-state index contributed by atoms with van der Waals surface area (Å²) in [7, 11) is -5.21. The number of alkyl halides is 3. The molecule has 1 rings (SSSR count). The smallest absolute Gasteiger partial charge is 0.357 e. The van der Waals surface area contributed by atoms with E-state index in [2.05, 4.69) is 22.5 Å². The van der Waals surface area contributed by atoms with E-state index < -0.39 is 15.5 Å². The van der Waals surface area contributed by atoms with Crippen molar-refractivity contribution in [3.63, 3.8) is 0 Å². The zero-order chi connectivity index (χ0) is 18.9. The average Bonchev–Trinajstić information content (AvgIpc) is 2.55. The molecule has 0 aromatic rings. The van der Waals surface area contributed by atoms with Crippen molar-refractivity contribution in [3.05, 3.63) is 0 Å². The van der Waals surface area contributed by atoms with E-state index in [1.54, 1.807) is 0 Å². The number of aliphatic imine (C=N–C) groups is 1. The summed E-state index contributed by atoms with van der Waals surface area (Å²) in [6, 6.07) is 0. The maximum atomic E-state index is 12.6. The SMILES string of the molecule is CCCCCNC(=NCC1CCN(S(=O)(=O)C(F)(F)F)CC1)NCC.I. The standard InChI is InChI=1S/C15H29F3N4O2S.HI/c1-3-5-6-9-20-14(19-4-2)21-12-13-7-10-22(11-8-13)25(23,24)15(16,17)18;/h13H,3-12H2,1-2H3,(H2,19,20,21);1H. The first kappa shape index (κ1) is 25.7. The quantitative estimate of drug-likeness (QED) is 0.226. The van der Waals surface area contributed by atoms with E-state index in [9.17, 15) is 21.6 Å². The molecule has 11 heteroatoms. The Bertz CT molecular complexity index is 521. The van der Waals surface area contributed by atoms with Crippen molar-refractivity contribution in [3.8, 4) is 0 Å². The van der Waals surface area contributed by atoms with Crippen molar-refractivity contribution in [2.45, 2.75) is 51.5 Å². The van der Waals surface area contributed by atoms with Gasteiger partial charge >= 0.3 is 15.5 Å². The second-order valence-electron chi connectivity index (χ2n) is 6.15. The highest BCUT2D eigenvalue weighted by Crippen LogP contribution is 2.30. The number of piperidine rings is 1. The average molecular weight is 514 g/mol. The molecule has 0 saturated carbocycles. The summed E-state index contributed by atoms with van der Waals surface area (Å²) in [5, 5.41) is 6.37. The van der Waals surface area contributed by atoms with Crippen molar-refractivity contribution in [2.75, 3.05) is 32.7 Å². The second kappa shape index (κ2) is 12.2. The van der Waals surface area contributed by atoms with Gasteiger partial charge in [0, 0.05) is 32.7 Å². The minimum atomic E-state index is -5.22. The van der Waals surface area contributed by atoms with Gasteiger partial charge in [0.05, 0.1) is 0 Å². The number of guanidine groups is 1. The van der Waals surface area contributed by atoms with Crippen molar-refractivity contribution in [1.29, 1.82) is 0 Å². The summed E-state index contributed by atoms with van der Waals surface area (Å²) < 4.78 is 61.0. The van der Waals surface area contributed by atoms with Crippen LogP contribution in [-0.2, 0) is 10.0 Å². The van der Waals surface area contributed by atoms with Gasteiger partial charge < -0.3 is 10.6 Å². The Morgan fingerprint density at radius 2 is 1.77 bits per heavy atom. The lowest BCUT2D eigenvalue weighted by Crippen LogP contribution is -2.45. The zero-order valence-corrected chi connectivity index (χ0v) is 18.5. The largest absolute Gasteiger partial charge is 0.511 e. The van der Waals surface area contributed by atoms with Crippen LogP contribution >= 0.6 is 24.0 Å². The van der Waals surface area contributed by atoms with E-state index in [1.165, 1.54) is 0 Å². The molecule has 0 spiro atoms. The number of unbranched alkanes of at least 4 members (excludes halogenated alkanes) is 2. The van der Waals surface area contributed by atoms with Gasteiger partial charge in [-0.05, 0) is 32.1 Å². The normalized spacial score (nSPS) is 17.7. The van der Waals surface area contributed by atoms with Gasteiger partial charge in [0.1, 0.15) is 0 Å². The van der Waals surface area contributed by atoms with Crippen LogP contribution in [0.2, 0.25) is 0 Å². The summed E-state index contributed by atoms with van der Waals surface area (Å²) in [4.78, 5) is 4.47. The van der Waals surface area contributed by atoms with Gasteiger partial charge in [-0.1, -0.05) is 19.8 Å². The molecule has 0 aromatic carbocycles. The van der Waals surface area contributed by atoms with Crippen LogP contribution in [0.25, 0.3) is 0 Å². The van der Waals surface area contributed by atoms with Crippen LogP contribution in [-0.4, -0.2) is 56.9 Å². The molecule has 2 N–H and O–H groups in total. The first-order valence-electron chi connectivity index (χ1n) is 8.81. The Hall–Kier alpha value is -0.300. The maximum Gasteiger partial charge on any atom is 0.511 e. The van der Waals surface area contributed by atoms with E-state index >= 15 is 0 Å². The summed E-state index contributed by atoms with van der Waals surface area (Å²) >= 11 is 0. The molecule has 156 valence electrons. The monoisotopic (exact) mass is 514 g/mol. The van der Waals surface area contributed by atoms with Crippen LogP contribution in [0.5, 0.6) is 0 Å². The molecule has 1 aliphatic heterocycles. The molecule has 1 heterocycles. The summed E-state index contributed by atoms with van der Waals surface area (Å²) in [5.41, 5.74) is -5.22. The first-order chi connectivity index (χ1) is 11.7. The molecular formula is C15H30F3IN4O2S. The Morgan fingerprint density at radius 3 is 2.27 bits per heavy atom. The third-order valence-corrected chi connectivity index (χ3v) is 5.76. The summed E-state index contributed by atoms with van der Waals surface area (Å²) in [6.07, 6.45) is 4.09. The van der Waals surface area contributed by atoms with Gasteiger partial charge in [-0.25, -0.2) is 8.42 Å². The molecule has 0 unspecified atom stereocenters. The lowest BCUT2D eigenvalue weighted by molar-refractivity contribution is -0.0496. The highest BCUT2D eigenvalue weighted by molar-refractivity contribution is 14.0. The lowest BCUT2D eigenvalue weighted by Gasteiger charge is -2.30. The molecule has 1 fully saturated rings. The number of hydrogen-bond donors (Lipinski definition) is 2. The maximum absolute atomic E-state index is 12.6. The van der Waals surface area contributed by atoms with Crippen molar-refractivity contribution in [2.24, 2.45) is 10.9 Å². The van der Waals surface area contributed by atoms with Crippen LogP contribution in [0.1, 0.15) is 46.0 Å². The molecule has 26 heavy (non-hydrogen) atoms. The Balaban J connectivity index is 0.00000625. The Labute approximate surface area is 171 Å². The number of rotatable bonds is 8. The Morgan fingerprint density at radius 1 is 1.15 bits per heavy atom. The van der Waals surface area contributed by atoms with Gasteiger partial charge in [-0.3, -0.25) is 4.99 Å². The molecule has 0 aliphatic carbocycles. The number of nitrogens with zero attached hydrogens (tertiary/aromatic N) is 2. The van der Waals surface area contributed by atoms with Crippen LogP contribution in [0.3, 0.4) is 0 Å². The van der Waals surface area contributed by atoms with E-state index in [-0.39, 0.29) is 43.0 Å². The molecule has 1 saturated heterocycles. The molecule has 0 atom stereocenters. The predicted molar refractivity (Wildman–Crippen MR) is 108 cm³/mol. The molecule has 0 aromatic heterocycles. The topological polar surface area (TPSA) is 73.8 Å². The fourth-order valence-corrected chi connectivity index (χ4v) is 3.61. The van der Waals surface area contributed by atoms with E-state index in [1.807, 2.05) is 6.92 Å². The minimum Gasteiger partial charge on any atom is -0.357 e. The lowest BCUT2D eigenvalue weighted by atomic mass is 9.98. The molecule has 0 radical (unpaired) electrons. The first-order valence-corrected chi connectivity index (χ1v) is 10.2. The summed E-state index contributed by atoms with van der Waals surface area (Å²) in [6.45, 7) is 5.90. The van der Waals surface area contributed by atoms with E-state index in [4.69, 9.17) is 0 Å². The third-order valence-electron chi connectivity index (χ3n) is 4.13. The van der Waals surface area contributed by atoms with Crippen LogP contribution in [0.15, 0.2) is 4.99 Å². The van der Waals surface area contributed by atoms with Gasteiger partial charge in [0.2, 0.25) is 0 Å². The van der Waals surface area contributed by atoms with E-state index in [0.717, 1.165) is 32.4 Å². The molecule has 0 bridgehead atoms. The molecular weight excluding hydrogens is 484 g/mol. The van der Waals surface area contributed by atoms with Crippen LogP contribution < -0.4 is 10.6 Å². The fourth-order valence-electron chi connectivity index (χ4n) is 2.62. The number of halogens is 4. The van der Waals surface area contributed by atoms with Gasteiger partial charge in [-0.15, -0.1) is 24.0 Å². The molecule has 6 nitrogen and oxygen atoms in total. The number of sulfonamides is 1. The number of nitrogens with one attached hydrogen (secondary N) is 2.